The normalized spacial score (nSPS) is 12.4. The monoisotopic (exact) mass is 290 g/mol. The van der Waals surface area contributed by atoms with Crippen molar-refractivity contribution in [3.8, 4) is 0 Å². The number of thiazole rings is 1. The summed E-state index contributed by atoms with van der Waals surface area (Å²) in [6.07, 6.45) is 3.70. The van der Waals surface area contributed by atoms with Crippen LogP contribution in [0.2, 0.25) is 0 Å². The van der Waals surface area contributed by atoms with E-state index in [0.717, 1.165) is 23.9 Å². The largest absolute Gasteiger partial charge is 0.347 e. The molecule has 0 aromatic carbocycles. The Morgan fingerprint density at radius 3 is 2.90 bits per heavy atom. The molecular weight excluding hydrogens is 268 g/mol. The van der Waals surface area contributed by atoms with Crippen molar-refractivity contribution in [2.75, 3.05) is 18.5 Å². The quantitative estimate of drug-likeness (QED) is 0.887. The Morgan fingerprint density at radius 1 is 1.45 bits per heavy atom. The minimum Gasteiger partial charge on any atom is -0.347 e. The summed E-state index contributed by atoms with van der Waals surface area (Å²) in [6, 6.07) is 4.42. The second-order valence-corrected chi connectivity index (χ2v) is 5.95. The van der Waals surface area contributed by atoms with Crippen molar-refractivity contribution < 1.29 is 0 Å². The highest BCUT2D eigenvalue weighted by molar-refractivity contribution is 7.15. The Balaban J connectivity index is 2.11. The molecule has 0 radical (unpaired) electrons. The lowest BCUT2D eigenvalue weighted by atomic mass is 10.2. The summed E-state index contributed by atoms with van der Waals surface area (Å²) in [5.41, 5.74) is 2.32. The SMILES string of the molecule is CCNC(C)c1sc(N(C)Cc2cccnc2)nc1C. The lowest BCUT2D eigenvalue weighted by Crippen LogP contribution is -2.17. The van der Waals surface area contributed by atoms with Crippen molar-refractivity contribution in [3.05, 3.63) is 40.7 Å². The van der Waals surface area contributed by atoms with Gasteiger partial charge in [-0.15, -0.1) is 11.3 Å². The average molecular weight is 290 g/mol. The Bertz CT molecular complexity index is 538. The average Bonchev–Trinajstić information content (AvgIpc) is 2.82. The van der Waals surface area contributed by atoms with E-state index in [-0.39, 0.29) is 0 Å². The van der Waals surface area contributed by atoms with E-state index in [4.69, 9.17) is 4.98 Å². The molecule has 5 heteroatoms. The first-order chi connectivity index (χ1) is 9.61. The van der Waals surface area contributed by atoms with Gasteiger partial charge in [0.05, 0.1) is 5.69 Å². The summed E-state index contributed by atoms with van der Waals surface area (Å²) < 4.78 is 0. The summed E-state index contributed by atoms with van der Waals surface area (Å²) >= 11 is 1.77. The van der Waals surface area contributed by atoms with Crippen molar-refractivity contribution in [2.45, 2.75) is 33.4 Å². The highest BCUT2D eigenvalue weighted by atomic mass is 32.1. The Morgan fingerprint density at radius 2 is 2.25 bits per heavy atom. The van der Waals surface area contributed by atoms with E-state index in [1.54, 1.807) is 17.5 Å². The van der Waals surface area contributed by atoms with Gasteiger partial charge in [-0.1, -0.05) is 13.0 Å². The summed E-state index contributed by atoms with van der Waals surface area (Å²) in [5, 5.41) is 4.51. The molecule has 0 bridgehead atoms. The molecule has 2 heterocycles. The smallest absolute Gasteiger partial charge is 0.185 e. The van der Waals surface area contributed by atoms with Crippen molar-refractivity contribution >= 4 is 16.5 Å². The third kappa shape index (κ3) is 3.55. The van der Waals surface area contributed by atoms with Crippen molar-refractivity contribution in [1.29, 1.82) is 0 Å². The lowest BCUT2D eigenvalue weighted by Gasteiger charge is -2.15. The van der Waals surface area contributed by atoms with Gasteiger partial charge >= 0.3 is 0 Å². The third-order valence-electron chi connectivity index (χ3n) is 3.19. The first kappa shape index (κ1) is 14.9. The van der Waals surface area contributed by atoms with Crippen LogP contribution in [0.5, 0.6) is 0 Å². The third-order valence-corrected chi connectivity index (χ3v) is 4.65. The number of aromatic nitrogens is 2. The van der Waals surface area contributed by atoms with Gasteiger partial charge in [-0.3, -0.25) is 4.98 Å². The molecule has 2 aromatic heterocycles. The summed E-state index contributed by atoms with van der Waals surface area (Å²) in [7, 11) is 2.08. The fourth-order valence-electron chi connectivity index (χ4n) is 2.19. The highest BCUT2D eigenvalue weighted by Gasteiger charge is 2.15. The second kappa shape index (κ2) is 6.81. The molecule has 0 saturated heterocycles. The zero-order valence-electron chi connectivity index (χ0n) is 12.6. The predicted molar refractivity (Wildman–Crippen MR) is 85.3 cm³/mol. The van der Waals surface area contributed by atoms with Crippen LogP contribution in [0.3, 0.4) is 0 Å². The van der Waals surface area contributed by atoms with Crippen molar-refractivity contribution in [3.63, 3.8) is 0 Å². The number of rotatable bonds is 6. The van der Waals surface area contributed by atoms with Crippen molar-refractivity contribution in [2.24, 2.45) is 0 Å². The van der Waals surface area contributed by atoms with Gasteiger partial charge < -0.3 is 10.2 Å². The maximum atomic E-state index is 4.69. The zero-order valence-corrected chi connectivity index (χ0v) is 13.4. The number of nitrogens with one attached hydrogen (secondary N) is 1. The minimum absolute atomic E-state index is 0.359. The topological polar surface area (TPSA) is 41.0 Å². The van der Waals surface area contributed by atoms with Crippen LogP contribution in [0, 0.1) is 6.92 Å². The van der Waals surface area contributed by atoms with E-state index >= 15 is 0 Å². The van der Waals surface area contributed by atoms with E-state index in [0.29, 0.717) is 6.04 Å². The van der Waals surface area contributed by atoms with Gasteiger partial charge in [-0.05, 0) is 32.0 Å². The molecule has 1 N–H and O–H groups in total. The zero-order chi connectivity index (χ0) is 14.5. The summed E-state index contributed by atoms with van der Waals surface area (Å²) in [4.78, 5) is 12.3. The first-order valence-corrected chi connectivity index (χ1v) is 7.74. The lowest BCUT2D eigenvalue weighted by molar-refractivity contribution is 0.603. The molecule has 2 aromatic rings. The predicted octanol–water partition coefficient (Wildman–Crippen LogP) is 3.15. The van der Waals surface area contributed by atoms with Gasteiger partial charge in [0.15, 0.2) is 5.13 Å². The Hall–Kier alpha value is -1.46. The fraction of sp³-hybridized carbons (Fsp3) is 0.467. The number of nitrogens with zero attached hydrogens (tertiary/aromatic N) is 3. The molecule has 1 unspecified atom stereocenters. The number of pyridine rings is 1. The fourth-order valence-corrected chi connectivity index (χ4v) is 3.24. The Labute approximate surface area is 124 Å². The number of aryl methyl sites for hydroxylation is 1. The molecular formula is C15H22N4S. The molecule has 4 nitrogen and oxygen atoms in total. The van der Waals surface area contributed by atoms with E-state index in [1.807, 2.05) is 12.3 Å². The van der Waals surface area contributed by atoms with Crippen LogP contribution in [-0.4, -0.2) is 23.6 Å². The first-order valence-electron chi connectivity index (χ1n) is 6.92. The number of hydrogen-bond acceptors (Lipinski definition) is 5. The maximum absolute atomic E-state index is 4.69. The minimum atomic E-state index is 0.359. The second-order valence-electron chi connectivity index (χ2n) is 4.94. The summed E-state index contributed by atoms with van der Waals surface area (Å²) in [5.74, 6) is 0. The molecule has 2 rings (SSSR count). The van der Waals surface area contributed by atoms with Crippen LogP contribution in [0.15, 0.2) is 24.5 Å². The highest BCUT2D eigenvalue weighted by Crippen LogP contribution is 2.30. The molecule has 108 valence electrons. The van der Waals surface area contributed by atoms with Gasteiger partial charge in [0.2, 0.25) is 0 Å². The molecule has 0 fully saturated rings. The molecule has 20 heavy (non-hydrogen) atoms. The molecule has 0 aliphatic rings. The molecule has 0 amide bonds. The van der Waals surface area contributed by atoms with Crippen LogP contribution in [-0.2, 0) is 6.54 Å². The molecule has 0 aliphatic carbocycles. The van der Waals surface area contributed by atoms with E-state index in [1.165, 1.54) is 10.4 Å². The van der Waals surface area contributed by atoms with Gasteiger partial charge in [-0.2, -0.15) is 0 Å². The number of anilines is 1. The van der Waals surface area contributed by atoms with Gasteiger partial charge in [0, 0.05) is 36.9 Å². The Kier molecular flexibility index (Phi) is 5.09. The van der Waals surface area contributed by atoms with Gasteiger partial charge in [-0.25, -0.2) is 4.98 Å². The van der Waals surface area contributed by atoms with Crippen LogP contribution in [0.25, 0.3) is 0 Å². The standard InChI is InChI=1S/C15H22N4S/c1-5-17-11(2)14-12(3)18-15(20-14)19(4)10-13-7-6-8-16-9-13/h6-9,11,17H,5,10H2,1-4H3. The van der Waals surface area contributed by atoms with Crippen LogP contribution < -0.4 is 10.2 Å². The van der Waals surface area contributed by atoms with Crippen molar-refractivity contribution in [1.82, 2.24) is 15.3 Å². The van der Waals surface area contributed by atoms with E-state index < -0.39 is 0 Å². The summed E-state index contributed by atoms with van der Waals surface area (Å²) in [6.45, 7) is 8.20. The van der Waals surface area contributed by atoms with E-state index in [2.05, 4.69) is 49.1 Å². The maximum Gasteiger partial charge on any atom is 0.185 e. The molecule has 0 spiro atoms. The van der Waals surface area contributed by atoms with E-state index in [9.17, 15) is 0 Å². The molecule has 0 aliphatic heterocycles. The number of hydrogen-bond donors (Lipinski definition) is 1. The van der Waals surface area contributed by atoms with Gasteiger partial charge in [0.1, 0.15) is 0 Å². The van der Waals surface area contributed by atoms with Crippen LogP contribution in [0.4, 0.5) is 5.13 Å². The molecule has 0 saturated carbocycles. The van der Waals surface area contributed by atoms with Crippen LogP contribution >= 0.6 is 11.3 Å². The molecule has 1 atom stereocenters. The van der Waals surface area contributed by atoms with Gasteiger partial charge in [0.25, 0.3) is 0 Å². The van der Waals surface area contributed by atoms with Crippen LogP contribution in [0.1, 0.15) is 36.0 Å².